The fraction of sp³-hybridized carbons (Fsp3) is 0.389. The molecule has 3 atom stereocenters. The van der Waals surface area contributed by atoms with Crippen LogP contribution in [-0.2, 0) is 0 Å². The van der Waals surface area contributed by atoms with Crippen molar-refractivity contribution in [2.75, 3.05) is 6.61 Å². The van der Waals surface area contributed by atoms with Crippen molar-refractivity contribution in [2.24, 2.45) is 5.92 Å². The Morgan fingerprint density at radius 2 is 2.32 bits per heavy atom. The number of hydrogen-bond donors (Lipinski definition) is 1. The summed E-state index contributed by atoms with van der Waals surface area (Å²) in [5, 5.41) is 10.9. The zero-order chi connectivity index (χ0) is 15.1. The van der Waals surface area contributed by atoms with Gasteiger partial charge in [0.05, 0.1) is 24.6 Å². The van der Waals surface area contributed by atoms with Crippen LogP contribution in [0.5, 0.6) is 0 Å². The maximum Gasteiger partial charge on any atom is 0.146 e. The summed E-state index contributed by atoms with van der Waals surface area (Å²) in [6.45, 7) is 0.0404. The highest BCUT2D eigenvalue weighted by Gasteiger charge is 2.31. The Kier molecular flexibility index (Phi) is 3.34. The van der Waals surface area contributed by atoms with Gasteiger partial charge < -0.3 is 9.51 Å². The minimum absolute atomic E-state index is 0.0404. The van der Waals surface area contributed by atoms with Crippen molar-refractivity contribution in [2.45, 2.75) is 31.4 Å². The molecule has 0 spiro atoms. The standard InChI is InChI=1S/C18H19FN2O/c19-15-8-4-7-13-16-9-20-11-21(16)18(17(13)15)14(10-22)12-5-2-1-3-6-12/h1-2,4,7-9,11-12,14-15,22H,3,5-6,10H2. The van der Waals surface area contributed by atoms with Gasteiger partial charge in [0.2, 0.25) is 0 Å². The summed E-state index contributed by atoms with van der Waals surface area (Å²) in [6, 6.07) is 0. The summed E-state index contributed by atoms with van der Waals surface area (Å²) in [4.78, 5) is 4.22. The van der Waals surface area contributed by atoms with Crippen molar-refractivity contribution >= 4 is 11.6 Å². The van der Waals surface area contributed by atoms with Gasteiger partial charge in [0.1, 0.15) is 6.17 Å². The second-order valence-corrected chi connectivity index (χ2v) is 6.15. The molecule has 0 saturated heterocycles. The van der Waals surface area contributed by atoms with Crippen LogP contribution in [0.3, 0.4) is 0 Å². The van der Waals surface area contributed by atoms with E-state index in [-0.39, 0.29) is 12.5 Å². The van der Waals surface area contributed by atoms with E-state index in [1.54, 1.807) is 24.7 Å². The van der Waals surface area contributed by atoms with Crippen LogP contribution >= 0.6 is 0 Å². The molecule has 4 heteroatoms. The molecule has 0 aliphatic heterocycles. The Balaban J connectivity index is 1.92. The average Bonchev–Trinajstić information content (AvgIpc) is 3.12. The first-order valence-corrected chi connectivity index (χ1v) is 7.87. The van der Waals surface area contributed by atoms with Gasteiger partial charge in [0, 0.05) is 22.4 Å². The number of aliphatic hydroxyl groups excluding tert-OH is 1. The lowest BCUT2D eigenvalue weighted by molar-refractivity contribution is 0.212. The molecule has 0 amide bonds. The monoisotopic (exact) mass is 298 g/mol. The molecule has 0 aromatic carbocycles. The number of halogens is 1. The fourth-order valence-corrected chi connectivity index (χ4v) is 3.92. The third kappa shape index (κ3) is 1.94. The summed E-state index contributed by atoms with van der Waals surface area (Å²) >= 11 is 0. The molecule has 2 aromatic rings. The number of nitrogens with zero attached hydrogens (tertiary/aromatic N) is 2. The second kappa shape index (κ2) is 5.36. The Hall–Kier alpha value is -1.94. The molecule has 0 saturated carbocycles. The van der Waals surface area contributed by atoms with E-state index in [2.05, 4.69) is 17.1 Å². The molecule has 0 fully saturated rings. The van der Waals surface area contributed by atoms with E-state index in [1.807, 2.05) is 10.5 Å². The van der Waals surface area contributed by atoms with Gasteiger partial charge in [0.25, 0.3) is 0 Å². The minimum atomic E-state index is -1.11. The van der Waals surface area contributed by atoms with Gasteiger partial charge in [-0.1, -0.05) is 24.3 Å². The van der Waals surface area contributed by atoms with E-state index in [1.165, 1.54) is 0 Å². The normalized spacial score (nSPS) is 25.2. The van der Waals surface area contributed by atoms with Gasteiger partial charge in [-0.25, -0.2) is 9.37 Å². The molecule has 3 nitrogen and oxygen atoms in total. The zero-order valence-corrected chi connectivity index (χ0v) is 12.3. The van der Waals surface area contributed by atoms with Crippen LogP contribution in [0.1, 0.15) is 42.6 Å². The van der Waals surface area contributed by atoms with Crippen molar-refractivity contribution in [3.05, 3.63) is 53.3 Å². The van der Waals surface area contributed by atoms with Crippen LogP contribution in [0.25, 0.3) is 11.6 Å². The molecule has 2 heterocycles. The van der Waals surface area contributed by atoms with Crippen LogP contribution in [0, 0.1) is 5.92 Å². The quantitative estimate of drug-likeness (QED) is 0.885. The molecule has 2 aliphatic rings. The third-order valence-corrected chi connectivity index (χ3v) is 4.99. The fourth-order valence-electron chi connectivity index (χ4n) is 3.92. The molecule has 2 aromatic heterocycles. The lowest BCUT2D eigenvalue weighted by atomic mass is 9.80. The molecule has 0 radical (unpaired) electrons. The Labute approximate surface area is 128 Å². The molecule has 22 heavy (non-hydrogen) atoms. The summed E-state index contributed by atoms with van der Waals surface area (Å²) in [6.07, 6.45) is 15.1. The van der Waals surface area contributed by atoms with Crippen LogP contribution in [0.2, 0.25) is 0 Å². The molecule has 0 bridgehead atoms. The van der Waals surface area contributed by atoms with Crippen LogP contribution in [0.4, 0.5) is 4.39 Å². The van der Waals surface area contributed by atoms with Gasteiger partial charge in [-0.2, -0.15) is 0 Å². The number of alkyl halides is 1. The summed E-state index contributed by atoms with van der Waals surface area (Å²) in [5.74, 6) is 0.300. The Morgan fingerprint density at radius 1 is 1.41 bits per heavy atom. The largest absolute Gasteiger partial charge is 0.396 e. The number of rotatable bonds is 3. The smallest absolute Gasteiger partial charge is 0.146 e. The molecular formula is C18H19FN2O. The van der Waals surface area contributed by atoms with Crippen molar-refractivity contribution in [1.82, 2.24) is 9.38 Å². The minimum Gasteiger partial charge on any atom is -0.396 e. The lowest BCUT2D eigenvalue weighted by Crippen LogP contribution is -2.22. The Morgan fingerprint density at radius 3 is 3.09 bits per heavy atom. The van der Waals surface area contributed by atoms with E-state index in [0.29, 0.717) is 11.5 Å². The van der Waals surface area contributed by atoms with Gasteiger partial charge in [-0.05, 0) is 31.3 Å². The predicted octanol–water partition coefficient (Wildman–Crippen LogP) is 2.85. The molecule has 114 valence electrons. The molecule has 1 N–H and O–H groups in total. The number of fused-ring (bicyclic) bond motifs is 3. The number of hydrogen-bond acceptors (Lipinski definition) is 2. The topological polar surface area (TPSA) is 37.5 Å². The van der Waals surface area contributed by atoms with Crippen LogP contribution in [-0.4, -0.2) is 21.1 Å². The average molecular weight is 298 g/mol. The van der Waals surface area contributed by atoms with Crippen molar-refractivity contribution in [3.63, 3.8) is 0 Å². The number of aliphatic hydroxyl groups is 1. The van der Waals surface area contributed by atoms with Gasteiger partial charge in [-0.15, -0.1) is 0 Å². The summed E-state index contributed by atoms with van der Waals surface area (Å²) in [5.41, 5.74) is 2.55. The maximum atomic E-state index is 14.6. The van der Waals surface area contributed by atoms with Crippen molar-refractivity contribution in [3.8, 4) is 0 Å². The van der Waals surface area contributed by atoms with Crippen LogP contribution < -0.4 is 5.22 Å². The number of aromatic nitrogens is 2. The van der Waals surface area contributed by atoms with Gasteiger partial charge in [-0.3, -0.25) is 0 Å². The maximum absolute atomic E-state index is 14.6. The molecular weight excluding hydrogens is 279 g/mol. The predicted molar refractivity (Wildman–Crippen MR) is 84.2 cm³/mol. The first-order chi connectivity index (χ1) is 10.8. The Bertz CT molecular complexity index is 805. The molecule has 4 rings (SSSR count). The number of imidazole rings is 1. The van der Waals surface area contributed by atoms with E-state index in [0.717, 1.165) is 35.7 Å². The first-order valence-electron chi connectivity index (χ1n) is 7.87. The highest BCUT2D eigenvalue weighted by molar-refractivity contribution is 5.64. The highest BCUT2D eigenvalue weighted by atomic mass is 19.1. The summed E-state index contributed by atoms with van der Waals surface area (Å²) in [7, 11) is 0. The van der Waals surface area contributed by atoms with E-state index in [9.17, 15) is 9.50 Å². The van der Waals surface area contributed by atoms with Gasteiger partial charge in [0.15, 0.2) is 0 Å². The highest BCUT2D eigenvalue weighted by Crippen LogP contribution is 2.38. The first kappa shape index (κ1) is 13.7. The molecule has 2 aliphatic carbocycles. The number of allylic oxidation sites excluding steroid dienone is 4. The SMILES string of the molecule is OCC(c1c2c(c3cncn13)=CC=CC2F)C1CC=CCC1. The third-order valence-electron chi connectivity index (χ3n) is 4.99. The van der Waals surface area contributed by atoms with E-state index < -0.39 is 6.17 Å². The van der Waals surface area contributed by atoms with Gasteiger partial charge >= 0.3 is 0 Å². The van der Waals surface area contributed by atoms with E-state index >= 15 is 0 Å². The van der Waals surface area contributed by atoms with Crippen LogP contribution in [0.15, 0.2) is 36.8 Å². The van der Waals surface area contributed by atoms with E-state index in [4.69, 9.17) is 0 Å². The molecule has 3 unspecified atom stereocenters. The second-order valence-electron chi connectivity index (χ2n) is 6.15. The van der Waals surface area contributed by atoms with Crippen molar-refractivity contribution < 1.29 is 9.50 Å². The summed E-state index contributed by atoms with van der Waals surface area (Å²) < 4.78 is 16.6. The zero-order valence-electron chi connectivity index (χ0n) is 12.3. The van der Waals surface area contributed by atoms with Crippen molar-refractivity contribution in [1.29, 1.82) is 0 Å². The lowest BCUT2D eigenvalue weighted by Gasteiger charge is -2.28.